The van der Waals surface area contributed by atoms with Crippen LogP contribution in [0.2, 0.25) is 0 Å². The molecule has 1 aliphatic carbocycles. The molecule has 2 rings (SSSR count). The van der Waals surface area contributed by atoms with Gasteiger partial charge >= 0.3 is 0 Å². The number of aromatic nitrogens is 2. The molecular weight excluding hydrogens is 222 g/mol. The van der Waals surface area contributed by atoms with Crippen molar-refractivity contribution in [3.8, 4) is 0 Å². The molecule has 1 aromatic rings. The van der Waals surface area contributed by atoms with E-state index in [1.807, 2.05) is 13.8 Å². The third-order valence-electron chi connectivity index (χ3n) is 3.25. The number of hydrogen-bond acceptors (Lipinski definition) is 4. The maximum Gasteiger partial charge on any atom is 0.232 e. The lowest BCUT2D eigenvalue weighted by atomic mass is 9.88. The molecule has 0 aliphatic heterocycles. The van der Waals surface area contributed by atoms with Crippen LogP contribution in [-0.4, -0.2) is 16.1 Å². The van der Waals surface area contributed by atoms with Gasteiger partial charge in [0.1, 0.15) is 5.01 Å². The monoisotopic (exact) mass is 239 g/mol. The fourth-order valence-electron chi connectivity index (χ4n) is 2.08. The van der Waals surface area contributed by atoms with E-state index in [4.69, 9.17) is 0 Å². The van der Waals surface area contributed by atoms with Crippen LogP contribution in [0.1, 0.15) is 44.5 Å². The fraction of sp³-hybridized carbons (Fsp3) is 0.727. The Morgan fingerprint density at radius 2 is 2.12 bits per heavy atom. The van der Waals surface area contributed by atoms with Gasteiger partial charge in [0.15, 0.2) is 0 Å². The summed E-state index contributed by atoms with van der Waals surface area (Å²) in [6, 6.07) is 0. The van der Waals surface area contributed by atoms with E-state index in [1.165, 1.54) is 11.3 Å². The van der Waals surface area contributed by atoms with E-state index < -0.39 is 0 Å². The van der Waals surface area contributed by atoms with E-state index in [1.54, 1.807) is 0 Å². The maximum absolute atomic E-state index is 12.1. The van der Waals surface area contributed by atoms with Crippen LogP contribution >= 0.6 is 11.3 Å². The molecule has 1 saturated carbocycles. The Morgan fingerprint density at radius 3 is 2.69 bits per heavy atom. The van der Waals surface area contributed by atoms with E-state index in [0.717, 1.165) is 37.1 Å². The minimum absolute atomic E-state index is 0.101. The highest BCUT2D eigenvalue weighted by Gasteiger charge is 2.36. The lowest BCUT2D eigenvalue weighted by molar-refractivity contribution is -0.124. The molecule has 88 valence electrons. The van der Waals surface area contributed by atoms with Gasteiger partial charge in [-0.2, -0.15) is 0 Å². The van der Waals surface area contributed by atoms with Crippen molar-refractivity contribution >= 4 is 22.4 Å². The van der Waals surface area contributed by atoms with Crippen molar-refractivity contribution in [2.45, 2.75) is 46.0 Å². The highest BCUT2D eigenvalue weighted by molar-refractivity contribution is 7.15. The first-order chi connectivity index (χ1) is 7.64. The highest BCUT2D eigenvalue weighted by Crippen LogP contribution is 2.38. The van der Waals surface area contributed by atoms with Crippen LogP contribution in [0.25, 0.3) is 0 Å². The molecule has 0 radical (unpaired) electrons. The standard InChI is InChI=1S/C11H17N3OS/c1-3-8-13-14-10(16-8)12-9(15)11(2)6-4-5-7-11/h3-7H2,1-2H3,(H,12,14,15). The number of amides is 1. The van der Waals surface area contributed by atoms with Crippen molar-refractivity contribution in [1.82, 2.24) is 10.2 Å². The largest absolute Gasteiger partial charge is 0.300 e. The van der Waals surface area contributed by atoms with Crippen LogP contribution in [0.3, 0.4) is 0 Å². The van der Waals surface area contributed by atoms with E-state index >= 15 is 0 Å². The Balaban J connectivity index is 2.01. The number of hydrogen-bond donors (Lipinski definition) is 1. The van der Waals surface area contributed by atoms with E-state index in [2.05, 4.69) is 15.5 Å². The minimum atomic E-state index is -0.196. The summed E-state index contributed by atoms with van der Waals surface area (Å²) in [4.78, 5) is 12.1. The van der Waals surface area contributed by atoms with E-state index in [-0.39, 0.29) is 11.3 Å². The SMILES string of the molecule is CCc1nnc(NC(=O)C2(C)CCCC2)s1. The molecule has 1 aliphatic rings. The molecule has 1 fully saturated rings. The first-order valence-electron chi connectivity index (χ1n) is 5.78. The zero-order valence-electron chi connectivity index (χ0n) is 9.75. The van der Waals surface area contributed by atoms with E-state index in [0.29, 0.717) is 5.13 Å². The number of nitrogens with one attached hydrogen (secondary N) is 1. The Bertz CT molecular complexity index is 382. The molecule has 1 heterocycles. The maximum atomic E-state index is 12.1. The summed E-state index contributed by atoms with van der Waals surface area (Å²) >= 11 is 1.46. The van der Waals surface area contributed by atoms with Crippen LogP contribution in [0.4, 0.5) is 5.13 Å². The zero-order chi connectivity index (χ0) is 11.6. The summed E-state index contributed by atoms with van der Waals surface area (Å²) in [5.41, 5.74) is -0.196. The molecule has 0 atom stereocenters. The normalized spacial score (nSPS) is 18.6. The molecule has 0 bridgehead atoms. The summed E-state index contributed by atoms with van der Waals surface area (Å²) in [5.74, 6) is 0.101. The second kappa shape index (κ2) is 4.49. The molecule has 0 saturated heterocycles. The minimum Gasteiger partial charge on any atom is -0.300 e. The lowest BCUT2D eigenvalue weighted by Gasteiger charge is -2.20. The van der Waals surface area contributed by atoms with Gasteiger partial charge in [-0.05, 0) is 19.3 Å². The van der Waals surface area contributed by atoms with Gasteiger partial charge in [-0.25, -0.2) is 0 Å². The average Bonchev–Trinajstić information content (AvgIpc) is 2.88. The van der Waals surface area contributed by atoms with Gasteiger partial charge in [0.25, 0.3) is 0 Å². The molecule has 5 heteroatoms. The average molecular weight is 239 g/mol. The van der Waals surface area contributed by atoms with Crippen LogP contribution < -0.4 is 5.32 Å². The molecule has 1 N–H and O–H groups in total. The van der Waals surface area contributed by atoms with Gasteiger partial charge in [0.05, 0.1) is 0 Å². The molecule has 1 aromatic heterocycles. The summed E-state index contributed by atoms with van der Waals surface area (Å²) < 4.78 is 0. The molecule has 4 nitrogen and oxygen atoms in total. The predicted octanol–water partition coefficient (Wildman–Crippen LogP) is 2.62. The first kappa shape index (κ1) is 11.5. The van der Waals surface area contributed by atoms with Crippen molar-refractivity contribution in [1.29, 1.82) is 0 Å². The summed E-state index contributed by atoms with van der Waals surface area (Å²) in [6.45, 7) is 4.07. The van der Waals surface area contributed by atoms with Crippen molar-refractivity contribution in [3.05, 3.63) is 5.01 Å². The lowest BCUT2D eigenvalue weighted by Crippen LogP contribution is -2.30. The number of carbonyl (C=O) groups excluding carboxylic acids is 1. The van der Waals surface area contributed by atoms with Crippen molar-refractivity contribution < 1.29 is 4.79 Å². The third kappa shape index (κ3) is 2.24. The van der Waals surface area contributed by atoms with Crippen LogP contribution in [-0.2, 0) is 11.2 Å². The second-order valence-corrected chi connectivity index (χ2v) is 5.64. The van der Waals surface area contributed by atoms with Gasteiger partial charge in [-0.1, -0.05) is 38.0 Å². The number of nitrogens with zero attached hydrogens (tertiary/aromatic N) is 2. The molecule has 0 spiro atoms. The molecule has 16 heavy (non-hydrogen) atoms. The van der Waals surface area contributed by atoms with Gasteiger partial charge in [0.2, 0.25) is 11.0 Å². The fourth-order valence-corrected chi connectivity index (χ4v) is 2.75. The molecule has 0 aromatic carbocycles. The Kier molecular flexibility index (Phi) is 3.23. The van der Waals surface area contributed by atoms with Crippen molar-refractivity contribution in [2.75, 3.05) is 5.32 Å². The third-order valence-corrected chi connectivity index (χ3v) is 4.23. The molecule has 1 amide bonds. The van der Waals surface area contributed by atoms with Gasteiger partial charge in [-0.3, -0.25) is 4.79 Å². The molecular formula is C11H17N3OS. The quantitative estimate of drug-likeness (QED) is 0.882. The number of aryl methyl sites for hydroxylation is 1. The van der Waals surface area contributed by atoms with E-state index in [9.17, 15) is 4.79 Å². The summed E-state index contributed by atoms with van der Waals surface area (Å²) in [7, 11) is 0. The van der Waals surface area contributed by atoms with Crippen LogP contribution in [0, 0.1) is 5.41 Å². The van der Waals surface area contributed by atoms with Crippen molar-refractivity contribution in [3.63, 3.8) is 0 Å². The smallest absolute Gasteiger partial charge is 0.232 e. The summed E-state index contributed by atoms with van der Waals surface area (Å²) in [5, 5.41) is 12.4. The zero-order valence-corrected chi connectivity index (χ0v) is 10.6. The Labute approximate surface area is 99.5 Å². The number of anilines is 1. The van der Waals surface area contributed by atoms with Gasteiger partial charge < -0.3 is 5.32 Å². The Hall–Kier alpha value is -0.970. The Morgan fingerprint density at radius 1 is 1.44 bits per heavy atom. The second-order valence-electron chi connectivity index (χ2n) is 4.58. The van der Waals surface area contributed by atoms with Gasteiger partial charge in [0, 0.05) is 5.41 Å². The van der Waals surface area contributed by atoms with Gasteiger partial charge in [-0.15, -0.1) is 10.2 Å². The number of carbonyl (C=O) groups is 1. The first-order valence-corrected chi connectivity index (χ1v) is 6.59. The van der Waals surface area contributed by atoms with Crippen LogP contribution in [0.5, 0.6) is 0 Å². The summed E-state index contributed by atoms with van der Waals surface area (Å²) in [6.07, 6.45) is 5.14. The van der Waals surface area contributed by atoms with Crippen molar-refractivity contribution in [2.24, 2.45) is 5.41 Å². The highest BCUT2D eigenvalue weighted by atomic mass is 32.1. The van der Waals surface area contributed by atoms with Crippen LogP contribution in [0.15, 0.2) is 0 Å². The predicted molar refractivity (Wildman–Crippen MR) is 64.5 cm³/mol. The molecule has 0 unspecified atom stereocenters. The number of rotatable bonds is 3. The topological polar surface area (TPSA) is 54.9 Å².